The molecule has 1 aromatic heterocycles. The third-order valence-electron chi connectivity index (χ3n) is 2.22. The molecule has 2 rings (SSSR count). The summed E-state index contributed by atoms with van der Waals surface area (Å²) in [5, 5.41) is 9.84. The zero-order valence-corrected chi connectivity index (χ0v) is 7.33. The number of nitrogens with zero attached hydrogens (tertiary/aromatic N) is 1. The average Bonchev–Trinajstić information content (AvgIpc) is 2.63. The van der Waals surface area contributed by atoms with Crippen LogP contribution in [0.1, 0.15) is 17.3 Å². The van der Waals surface area contributed by atoms with E-state index in [0.717, 1.165) is 24.2 Å². The second-order valence-corrected chi connectivity index (χ2v) is 2.96. The van der Waals surface area contributed by atoms with Crippen LogP contribution in [0.3, 0.4) is 0 Å². The van der Waals surface area contributed by atoms with E-state index in [9.17, 15) is 4.79 Å². The zero-order chi connectivity index (χ0) is 9.26. The molecule has 0 aromatic carbocycles. The molecule has 1 aliphatic rings. The molecule has 1 unspecified atom stereocenters. The Kier molecular flexibility index (Phi) is 2.02. The molecule has 70 valence electrons. The summed E-state index contributed by atoms with van der Waals surface area (Å²) in [5.74, 6) is -0.262. The normalized spacial score (nSPS) is 20.8. The van der Waals surface area contributed by atoms with E-state index in [-0.39, 0.29) is 12.0 Å². The van der Waals surface area contributed by atoms with E-state index >= 15 is 0 Å². The molecule has 1 aromatic rings. The van der Waals surface area contributed by atoms with Crippen LogP contribution in [-0.4, -0.2) is 29.8 Å². The maximum Gasteiger partial charge on any atom is 0.327 e. The molecule has 0 fully saturated rings. The molecule has 0 amide bonds. The topological polar surface area (TPSA) is 67.0 Å². The van der Waals surface area contributed by atoms with Crippen molar-refractivity contribution in [2.24, 2.45) is 0 Å². The van der Waals surface area contributed by atoms with E-state index in [2.05, 4.69) is 20.3 Å². The lowest BCUT2D eigenvalue weighted by Gasteiger charge is -2.20. The first kappa shape index (κ1) is 8.25. The molecule has 1 aliphatic heterocycles. The Labute approximate surface area is 75.5 Å². The van der Waals surface area contributed by atoms with Gasteiger partial charge in [0.15, 0.2) is 0 Å². The van der Waals surface area contributed by atoms with Crippen molar-refractivity contribution in [1.82, 2.24) is 15.5 Å². The van der Waals surface area contributed by atoms with Gasteiger partial charge >= 0.3 is 5.97 Å². The van der Waals surface area contributed by atoms with Gasteiger partial charge in [0.1, 0.15) is 6.04 Å². The Balaban J connectivity index is 2.30. The van der Waals surface area contributed by atoms with Crippen molar-refractivity contribution in [2.75, 3.05) is 13.7 Å². The number of carbonyl (C=O) groups is 1. The van der Waals surface area contributed by atoms with Crippen LogP contribution >= 0.6 is 0 Å². The summed E-state index contributed by atoms with van der Waals surface area (Å²) in [6.45, 7) is 0.773. The van der Waals surface area contributed by atoms with Crippen LogP contribution in [0.15, 0.2) is 6.20 Å². The van der Waals surface area contributed by atoms with Crippen molar-refractivity contribution in [3.8, 4) is 0 Å². The fraction of sp³-hybridized carbons (Fsp3) is 0.500. The first-order valence-corrected chi connectivity index (χ1v) is 4.16. The van der Waals surface area contributed by atoms with Crippen molar-refractivity contribution in [1.29, 1.82) is 0 Å². The Bertz CT molecular complexity index is 321. The summed E-state index contributed by atoms with van der Waals surface area (Å²) < 4.78 is 4.67. The first-order chi connectivity index (χ1) is 6.33. The highest BCUT2D eigenvalue weighted by Crippen LogP contribution is 2.21. The Morgan fingerprint density at radius 3 is 3.38 bits per heavy atom. The Morgan fingerprint density at radius 1 is 1.77 bits per heavy atom. The lowest BCUT2D eigenvalue weighted by molar-refractivity contribution is -0.143. The maximum atomic E-state index is 11.3. The smallest absolute Gasteiger partial charge is 0.327 e. The van der Waals surface area contributed by atoms with Crippen LogP contribution in [0.25, 0.3) is 0 Å². The van der Waals surface area contributed by atoms with Gasteiger partial charge in [-0.05, 0) is 0 Å². The summed E-state index contributed by atoms with van der Waals surface area (Å²) in [6.07, 6.45) is 2.55. The van der Waals surface area contributed by atoms with Gasteiger partial charge in [-0.25, -0.2) is 4.79 Å². The second kappa shape index (κ2) is 3.18. The van der Waals surface area contributed by atoms with E-state index < -0.39 is 0 Å². The third-order valence-corrected chi connectivity index (χ3v) is 2.22. The van der Waals surface area contributed by atoms with Crippen LogP contribution in [-0.2, 0) is 16.0 Å². The van der Waals surface area contributed by atoms with Crippen molar-refractivity contribution < 1.29 is 9.53 Å². The van der Waals surface area contributed by atoms with E-state index in [1.807, 2.05) is 0 Å². The first-order valence-electron chi connectivity index (χ1n) is 4.16. The molecule has 5 heteroatoms. The molecular formula is C8H11N3O2. The second-order valence-electron chi connectivity index (χ2n) is 2.96. The van der Waals surface area contributed by atoms with E-state index in [4.69, 9.17) is 0 Å². The zero-order valence-electron chi connectivity index (χ0n) is 7.33. The lowest BCUT2D eigenvalue weighted by Crippen LogP contribution is -2.35. The SMILES string of the molecule is COC(=O)C1NCCc2[nH]ncc21. The molecule has 1 atom stereocenters. The monoisotopic (exact) mass is 181 g/mol. The highest BCUT2D eigenvalue weighted by molar-refractivity contribution is 5.78. The fourth-order valence-electron chi connectivity index (χ4n) is 1.55. The minimum absolute atomic E-state index is 0.262. The Morgan fingerprint density at radius 2 is 2.62 bits per heavy atom. The van der Waals surface area contributed by atoms with Gasteiger partial charge in [-0.1, -0.05) is 0 Å². The highest BCUT2D eigenvalue weighted by Gasteiger charge is 2.27. The molecular weight excluding hydrogens is 170 g/mol. The maximum absolute atomic E-state index is 11.3. The molecule has 0 radical (unpaired) electrons. The number of rotatable bonds is 1. The van der Waals surface area contributed by atoms with Gasteiger partial charge < -0.3 is 10.1 Å². The third kappa shape index (κ3) is 1.31. The van der Waals surface area contributed by atoms with Crippen molar-refractivity contribution in [3.05, 3.63) is 17.5 Å². The minimum Gasteiger partial charge on any atom is -0.468 e. The predicted octanol–water partition coefficient (Wildman–Crippen LogP) is -0.231. The number of hydrogen-bond donors (Lipinski definition) is 2. The number of fused-ring (bicyclic) bond motifs is 1. The molecule has 0 bridgehead atoms. The molecule has 0 aliphatic carbocycles. The van der Waals surface area contributed by atoms with Crippen LogP contribution in [0.4, 0.5) is 0 Å². The minimum atomic E-state index is -0.354. The largest absolute Gasteiger partial charge is 0.468 e. The summed E-state index contributed by atoms with van der Waals surface area (Å²) in [4.78, 5) is 11.3. The van der Waals surface area contributed by atoms with Crippen LogP contribution in [0.5, 0.6) is 0 Å². The quantitative estimate of drug-likeness (QED) is 0.587. The standard InChI is InChI=1S/C8H11N3O2/c1-13-8(12)7-5-4-10-11-6(5)2-3-9-7/h4,7,9H,2-3H2,1H3,(H,10,11). The summed E-state index contributed by atoms with van der Waals surface area (Å²) in [5.41, 5.74) is 1.92. The number of H-pyrrole nitrogens is 1. The number of carbonyl (C=O) groups excluding carboxylic acids is 1. The summed E-state index contributed by atoms with van der Waals surface area (Å²) >= 11 is 0. The lowest BCUT2D eigenvalue weighted by atomic mass is 10.0. The van der Waals surface area contributed by atoms with Gasteiger partial charge in [-0.3, -0.25) is 5.10 Å². The van der Waals surface area contributed by atoms with Gasteiger partial charge in [-0.15, -0.1) is 0 Å². The number of esters is 1. The van der Waals surface area contributed by atoms with Crippen molar-refractivity contribution in [2.45, 2.75) is 12.5 Å². The summed E-state index contributed by atoms with van der Waals surface area (Å²) in [6, 6.07) is -0.354. The number of ether oxygens (including phenoxy) is 1. The van der Waals surface area contributed by atoms with E-state index in [1.54, 1.807) is 6.20 Å². The molecule has 13 heavy (non-hydrogen) atoms. The highest BCUT2D eigenvalue weighted by atomic mass is 16.5. The molecule has 0 saturated heterocycles. The average molecular weight is 181 g/mol. The number of hydrogen-bond acceptors (Lipinski definition) is 4. The molecule has 2 N–H and O–H groups in total. The Hall–Kier alpha value is -1.36. The van der Waals surface area contributed by atoms with E-state index in [0.29, 0.717) is 0 Å². The van der Waals surface area contributed by atoms with Crippen molar-refractivity contribution >= 4 is 5.97 Å². The van der Waals surface area contributed by atoms with Gasteiger partial charge in [0, 0.05) is 24.2 Å². The molecule has 0 saturated carbocycles. The number of nitrogens with one attached hydrogen (secondary N) is 2. The van der Waals surface area contributed by atoms with E-state index in [1.165, 1.54) is 7.11 Å². The van der Waals surface area contributed by atoms with Crippen LogP contribution in [0, 0.1) is 0 Å². The molecule has 5 nitrogen and oxygen atoms in total. The molecule has 2 heterocycles. The van der Waals surface area contributed by atoms with Crippen LogP contribution < -0.4 is 5.32 Å². The fourth-order valence-corrected chi connectivity index (χ4v) is 1.55. The summed E-state index contributed by atoms with van der Waals surface area (Å²) in [7, 11) is 1.39. The predicted molar refractivity (Wildman–Crippen MR) is 45.1 cm³/mol. The van der Waals surface area contributed by atoms with Crippen LogP contribution in [0.2, 0.25) is 0 Å². The van der Waals surface area contributed by atoms with Gasteiger partial charge in [-0.2, -0.15) is 5.10 Å². The number of aromatic amines is 1. The van der Waals surface area contributed by atoms with Gasteiger partial charge in [0.2, 0.25) is 0 Å². The van der Waals surface area contributed by atoms with Gasteiger partial charge in [0.05, 0.1) is 13.3 Å². The number of methoxy groups -OCH3 is 1. The molecule has 0 spiro atoms. The van der Waals surface area contributed by atoms with Crippen molar-refractivity contribution in [3.63, 3.8) is 0 Å². The van der Waals surface area contributed by atoms with Gasteiger partial charge in [0.25, 0.3) is 0 Å². The number of aromatic nitrogens is 2.